The average Bonchev–Trinajstić information content (AvgIpc) is 2.90. The Morgan fingerprint density at radius 1 is 0.564 bits per heavy atom. The third kappa shape index (κ3) is 20.7. The highest BCUT2D eigenvalue weighted by atomic mass is 19.1. The molecule has 1 rings (SSSR count). The first kappa shape index (κ1) is 35.2. The molecular formula is C26H42F3NO9. The van der Waals surface area contributed by atoms with Gasteiger partial charge in [-0.1, -0.05) is 0 Å². The van der Waals surface area contributed by atoms with Gasteiger partial charge in [0.2, 0.25) is 5.75 Å². The molecule has 0 spiro atoms. The molecular weight excluding hydrogens is 527 g/mol. The third-order valence-corrected chi connectivity index (χ3v) is 4.83. The number of hydrogen-bond acceptors (Lipinski definition) is 10. The van der Waals surface area contributed by atoms with Crippen LogP contribution in [0.15, 0.2) is 12.1 Å². The fourth-order valence-corrected chi connectivity index (χ4v) is 2.92. The highest BCUT2D eigenvalue weighted by Gasteiger charge is 2.16. The summed E-state index contributed by atoms with van der Waals surface area (Å²) in [5, 5.41) is 0. The van der Waals surface area contributed by atoms with Crippen molar-refractivity contribution in [2.24, 2.45) is 5.73 Å². The molecule has 13 heteroatoms. The SMILES string of the molecule is NCCOCCOCCOCCOCCOCCOCCCCCOCCC(=O)Oc1c(F)cc(F)cc1F. The molecule has 1 aromatic rings. The lowest BCUT2D eigenvalue weighted by Crippen LogP contribution is -2.15. The standard InChI is InChI=1S/C26H42F3NO9/c27-22-20-23(28)26(24(29)21-22)39-25(31)4-8-32-6-2-1-3-7-33-10-12-35-14-16-37-18-19-38-17-15-36-13-11-34-9-5-30/h20-21H,1-19,30H2. The van der Waals surface area contributed by atoms with Crippen LogP contribution in [0.5, 0.6) is 5.75 Å². The molecule has 0 atom stereocenters. The van der Waals surface area contributed by atoms with E-state index < -0.39 is 29.2 Å². The van der Waals surface area contributed by atoms with Crippen LogP contribution in [0.1, 0.15) is 25.7 Å². The first-order valence-electron chi connectivity index (χ1n) is 13.1. The molecule has 0 aliphatic heterocycles. The van der Waals surface area contributed by atoms with Crippen LogP contribution >= 0.6 is 0 Å². The molecule has 0 bridgehead atoms. The summed E-state index contributed by atoms with van der Waals surface area (Å²) in [7, 11) is 0. The van der Waals surface area contributed by atoms with Crippen molar-refractivity contribution < 1.29 is 55.9 Å². The van der Waals surface area contributed by atoms with Gasteiger partial charge in [-0.25, -0.2) is 13.2 Å². The van der Waals surface area contributed by atoms with Gasteiger partial charge in [-0.05, 0) is 19.3 Å². The fraction of sp³-hybridized carbons (Fsp3) is 0.731. The molecule has 0 unspecified atom stereocenters. The molecule has 0 aromatic heterocycles. The van der Waals surface area contributed by atoms with Crippen molar-refractivity contribution in [3.05, 3.63) is 29.6 Å². The van der Waals surface area contributed by atoms with Crippen LogP contribution in [0.3, 0.4) is 0 Å². The molecule has 10 nitrogen and oxygen atoms in total. The lowest BCUT2D eigenvalue weighted by molar-refractivity contribution is -0.136. The lowest BCUT2D eigenvalue weighted by Gasteiger charge is -2.08. The summed E-state index contributed by atoms with van der Waals surface area (Å²) in [6, 6.07) is 0.884. The number of nitrogens with two attached hydrogens (primary N) is 1. The first-order chi connectivity index (χ1) is 19.0. The molecule has 0 saturated carbocycles. The molecule has 2 N–H and O–H groups in total. The zero-order valence-corrected chi connectivity index (χ0v) is 22.5. The molecule has 0 aliphatic carbocycles. The zero-order valence-electron chi connectivity index (χ0n) is 22.5. The van der Waals surface area contributed by atoms with E-state index in [1.54, 1.807) is 0 Å². The second-order valence-corrected chi connectivity index (χ2v) is 8.06. The Balaban J connectivity index is 1.76. The smallest absolute Gasteiger partial charge is 0.313 e. The Labute approximate surface area is 228 Å². The number of carbonyl (C=O) groups excluding carboxylic acids is 1. The number of carbonyl (C=O) groups is 1. The van der Waals surface area contributed by atoms with Crippen molar-refractivity contribution in [3.8, 4) is 5.75 Å². The Morgan fingerprint density at radius 2 is 0.949 bits per heavy atom. The Hall–Kier alpha value is -1.84. The fourth-order valence-electron chi connectivity index (χ4n) is 2.92. The zero-order chi connectivity index (χ0) is 28.4. The maximum Gasteiger partial charge on any atom is 0.313 e. The predicted molar refractivity (Wildman–Crippen MR) is 135 cm³/mol. The quantitative estimate of drug-likeness (QED) is 0.0963. The molecule has 0 fully saturated rings. The van der Waals surface area contributed by atoms with Crippen LogP contribution in [0.25, 0.3) is 0 Å². The van der Waals surface area contributed by atoms with Crippen LogP contribution in [0.4, 0.5) is 13.2 Å². The van der Waals surface area contributed by atoms with Gasteiger partial charge in [-0.15, -0.1) is 0 Å². The summed E-state index contributed by atoms with van der Waals surface area (Å²) in [4.78, 5) is 11.7. The van der Waals surface area contributed by atoms with Crippen LogP contribution in [-0.2, 0) is 38.0 Å². The van der Waals surface area contributed by atoms with E-state index in [1.807, 2.05) is 0 Å². The summed E-state index contributed by atoms with van der Waals surface area (Å²) in [6.45, 7) is 7.12. The highest BCUT2D eigenvalue weighted by molar-refractivity contribution is 5.72. The molecule has 1 aromatic carbocycles. The van der Waals surface area contributed by atoms with Crippen LogP contribution in [0.2, 0.25) is 0 Å². The van der Waals surface area contributed by atoms with Gasteiger partial charge in [-0.2, -0.15) is 0 Å². The van der Waals surface area contributed by atoms with Gasteiger partial charge in [-0.3, -0.25) is 4.79 Å². The summed E-state index contributed by atoms with van der Waals surface area (Å²) >= 11 is 0. The van der Waals surface area contributed by atoms with Gasteiger partial charge in [0.25, 0.3) is 0 Å². The monoisotopic (exact) mass is 569 g/mol. The summed E-state index contributed by atoms with van der Waals surface area (Å²) in [6.07, 6.45) is 2.32. The second-order valence-electron chi connectivity index (χ2n) is 8.06. The van der Waals surface area contributed by atoms with E-state index in [4.69, 9.17) is 38.9 Å². The van der Waals surface area contributed by atoms with E-state index in [2.05, 4.69) is 4.74 Å². The van der Waals surface area contributed by atoms with Gasteiger partial charge < -0.3 is 43.6 Å². The number of unbranched alkanes of at least 4 members (excludes halogenated alkanes) is 2. The first-order valence-corrected chi connectivity index (χ1v) is 13.1. The summed E-state index contributed by atoms with van der Waals surface area (Å²) < 4.78 is 82.0. The second kappa shape index (κ2) is 25.1. The van der Waals surface area contributed by atoms with Crippen molar-refractivity contribution in [2.45, 2.75) is 25.7 Å². The number of esters is 1. The third-order valence-electron chi connectivity index (χ3n) is 4.83. The molecule has 0 aliphatic rings. The minimum Gasteiger partial charge on any atom is -0.420 e. The predicted octanol–water partition coefficient (Wildman–Crippen LogP) is 2.64. The Kier molecular flexibility index (Phi) is 22.7. The Morgan fingerprint density at radius 3 is 1.38 bits per heavy atom. The van der Waals surface area contributed by atoms with Gasteiger partial charge in [0.1, 0.15) is 5.82 Å². The Bertz CT molecular complexity index is 724. The highest BCUT2D eigenvalue weighted by Crippen LogP contribution is 2.23. The number of ether oxygens (including phenoxy) is 8. The summed E-state index contributed by atoms with van der Waals surface area (Å²) in [5.74, 6) is -5.43. The molecule has 0 heterocycles. The van der Waals surface area contributed by atoms with Crippen molar-refractivity contribution in [3.63, 3.8) is 0 Å². The maximum atomic E-state index is 13.5. The van der Waals surface area contributed by atoms with Crippen LogP contribution < -0.4 is 10.5 Å². The van der Waals surface area contributed by atoms with Crippen molar-refractivity contribution >= 4 is 5.97 Å². The largest absolute Gasteiger partial charge is 0.420 e. The average molecular weight is 570 g/mol. The normalized spacial score (nSPS) is 11.3. The number of rotatable bonds is 27. The van der Waals surface area contributed by atoms with Crippen molar-refractivity contribution in [1.82, 2.24) is 0 Å². The number of benzene rings is 1. The van der Waals surface area contributed by atoms with E-state index in [-0.39, 0.29) is 13.0 Å². The lowest BCUT2D eigenvalue weighted by atomic mass is 10.2. The molecule has 0 amide bonds. The minimum absolute atomic E-state index is 0.0509. The number of hydrogen-bond donors (Lipinski definition) is 1. The van der Waals surface area contributed by atoms with E-state index in [0.717, 1.165) is 19.3 Å². The van der Waals surface area contributed by atoms with Gasteiger partial charge in [0, 0.05) is 31.9 Å². The van der Waals surface area contributed by atoms with Gasteiger partial charge >= 0.3 is 5.97 Å². The minimum atomic E-state index is -1.28. The van der Waals surface area contributed by atoms with Crippen molar-refractivity contribution in [1.29, 1.82) is 0 Å². The van der Waals surface area contributed by atoms with Gasteiger partial charge in [0.05, 0.1) is 85.7 Å². The van der Waals surface area contributed by atoms with Crippen molar-refractivity contribution in [2.75, 3.05) is 99.0 Å². The van der Waals surface area contributed by atoms with E-state index in [0.29, 0.717) is 105 Å². The summed E-state index contributed by atoms with van der Waals surface area (Å²) in [5.41, 5.74) is 5.31. The van der Waals surface area contributed by atoms with E-state index in [9.17, 15) is 18.0 Å². The van der Waals surface area contributed by atoms with E-state index >= 15 is 0 Å². The molecule has 0 radical (unpaired) electrons. The molecule has 0 saturated heterocycles. The van der Waals surface area contributed by atoms with E-state index in [1.165, 1.54) is 0 Å². The number of halogens is 3. The maximum absolute atomic E-state index is 13.5. The van der Waals surface area contributed by atoms with Crippen LogP contribution in [-0.4, -0.2) is 105 Å². The van der Waals surface area contributed by atoms with Gasteiger partial charge in [0.15, 0.2) is 11.6 Å². The molecule has 226 valence electrons. The molecule has 39 heavy (non-hydrogen) atoms. The topological polar surface area (TPSA) is 117 Å². The van der Waals surface area contributed by atoms with Crippen LogP contribution in [0, 0.1) is 17.5 Å².